The van der Waals surface area contributed by atoms with Gasteiger partial charge in [-0.05, 0) is 49.9 Å². The van der Waals surface area contributed by atoms with Gasteiger partial charge >= 0.3 is 6.01 Å². The maximum absolute atomic E-state index is 14.2. The summed E-state index contributed by atoms with van der Waals surface area (Å²) >= 11 is 6.45. The van der Waals surface area contributed by atoms with Crippen molar-refractivity contribution in [2.75, 3.05) is 19.1 Å². The average molecular weight is 547 g/mol. The highest BCUT2D eigenvalue weighted by atomic mass is 35.5. The van der Waals surface area contributed by atoms with E-state index in [1.165, 1.54) is 18.8 Å². The van der Waals surface area contributed by atoms with Crippen LogP contribution in [0.4, 0.5) is 5.69 Å². The van der Waals surface area contributed by atoms with Crippen molar-refractivity contribution >= 4 is 23.2 Å². The number of pyridine rings is 1. The number of amides is 1. The molecule has 1 unspecified atom stereocenters. The second-order valence-electron chi connectivity index (χ2n) is 9.83. The number of carbonyl (C=O) groups excluding carboxylic acids is 1. The summed E-state index contributed by atoms with van der Waals surface area (Å²) in [5.41, 5.74) is 3.55. The largest absolute Gasteiger partial charge is 0.480 e. The Bertz CT molecular complexity index is 1650. The van der Waals surface area contributed by atoms with E-state index in [0.29, 0.717) is 39.2 Å². The lowest BCUT2D eigenvalue weighted by molar-refractivity contribution is 0.0989. The monoisotopic (exact) mass is 546 g/mol. The molecule has 1 amide bonds. The molecule has 1 atom stereocenters. The normalized spacial score (nSPS) is 16.8. The van der Waals surface area contributed by atoms with Crippen LogP contribution in [0.2, 0.25) is 5.02 Å². The average Bonchev–Trinajstić information content (AvgIpc) is 3.40. The molecule has 3 aromatic heterocycles. The highest BCUT2D eigenvalue weighted by Gasteiger charge is 2.46. The Morgan fingerprint density at radius 3 is 2.51 bits per heavy atom. The van der Waals surface area contributed by atoms with Gasteiger partial charge in [0.25, 0.3) is 11.5 Å². The number of carbonyl (C=O) groups is 1. The van der Waals surface area contributed by atoms with Crippen molar-refractivity contribution in [1.82, 2.24) is 24.1 Å². The molecule has 0 bridgehead atoms. The Balaban J connectivity index is 1.62. The molecule has 1 saturated carbocycles. The minimum absolute atomic E-state index is 0.117. The van der Waals surface area contributed by atoms with Crippen molar-refractivity contribution in [3.05, 3.63) is 80.6 Å². The first-order chi connectivity index (χ1) is 18.8. The van der Waals surface area contributed by atoms with Gasteiger partial charge in [-0.2, -0.15) is 4.98 Å². The minimum Gasteiger partial charge on any atom is -0.480 e. The molecule has 10 nitrogen and oxygen atoms in total. The molecule has 39 heavy (non-hydrogen) atoms. The summed E-state index contributed by atoms with van der Waals surface area (Å²) in [6.45, 7) is 1.74. The summed E-state index contributed by atoms with van der Waals surface area (Å²) in [7, 11) is 4.70. The number of methoxy groups -OCH3 is 2. The van der Waals surface area contributed by atoms with Crippen LogP contribution in [-0.2, 0) is 7.05 Å². The predicted molar refractivity (Wildman–Crippen MR) is 146 cm³/mol. The van der Waals surface area contributed by atoms with Crippen LogP contribution in [0.25, 0.3) is 11.4 Å². The molecular formula is C28H27ClN6O4. The fourth-order valence-corrected chi connectivity index (χ4v) is 5.62. The number of imidazole rings is 1. The second-order valence-corrected chi connectivity index (χ2v) is 10.3. The van der Waals surface area contributed by atoms with Crippen molar-refractivity contribution in [2.24, 2.45) is 7.05 Å². The van der Waals surface area contributed by atoms with Crippen LogP contribution in [0.15, 0.2) is 47.5 Å². The number of nitrogens with zero attached hydrogens (tertiary/aromatic N) is 6. The van der Waals surface area contributed by atoms with Gasteiger partial charge in [0.1, 0.15) is 11.9 Å². The molecular weight excluding hydrogens is 520 g/mol. The van der Waals surface area contributed by atoms with Gasteiger partial charge in [-0.3, -0.25) is 14.5 Å². The van der Waals surface area contributed by atoms with Gasteiger partial charge in [-0.25, -0.2) is 9.97 Å². The van der Waals surface area contributed by atoms with E-state index in [4.69, 9.17) is 26.1 Å². The fraction of sp³-hybridized carbons (Fsp3) is 0.321. The van der Waals surface area contributed by atoms with E-state index < -0.39 is 6.04 Å². The summed E-state index contributed by atoms with van der Waals surface area (Å²) in [5, 5.41) is 0.560. The number of aromatic nitrogens is 5. The van der Waals surface area contributed by atoms with Crippen molar-refractivity contribution in [2.45, 2.75) is 38.3 Å². The highest BCUT2D eigenvalue weighted by molar-refractivity contribution is 6.30. The first kappa shape index (κ1) is 25.1. The molecule has 4 heterocycles. The number of halogens is 1. The minimum atomic E-state index is -0.518. The molecule has 1 fully saturated rings. The standard InChI is InChI=1S/C28H27ClN6O4/c1-15-11-19(14-33(2)26(15)36)35-22(16-7-5-8-17(29)12-16)23-21(27(35)37)31-24(34(23)18-9-6-10-18)20-13-30-28(39-4)32-25(20)38-3/h5,7-8,11-14,18,22H,6,9-10H2,1-4H3. The molecule has 200 valence electrons. The highest BCUT2D eigenvalue weighted by Crippen LogP contribution is 2.48. The lowest BCUT2D eigenvalue weighted by Crippen LogP contribution is -2.33. The van der Waals surface area contributed by atoms with Gasteiger partial charge in [-0.15, -0.1) is 0 Å². The summed E-state index contributed by atoms with van der Waals surface area (Å²) in [6, 6.07) is 9.04. The first-order valence-electron chi connectivity index (χ1n) is 12.7. The van der Waals surface area contributed by atoms with E-state index >= 15 is 0 Å². The Kier molecular flexibility index (Phi) is 6.14. The molecule has 1 aliphatic carbocycles. The Morgan fingerprint density at radius 2 is 1.87 bits per heavy atom. The van der Waals surface area contributed by atoms with Crippen molar-refractivity contribution in [1.29, 1.82) is 0 Å². The number of rotatable bonds is 6. The zero-order valence-electron chi connectivity index (χ0n) is 22.0. The molecule has 0 spiro atoms. The summed E-state index contributed by atoms with van der Waals surface area (Å²) in [6.07, 6.45) is 6.28. The number of hydrogen-bond donors (Lipinski definition) is 0. The lowest BCUT2D eigenvalue weighted by atomic mass is 9.91. The van der Waals surface area contributed by atoms with Crippen molar-refractivity contribution in [3.63, 3.8) is 0 Å². The predicted octanol–water partition coefficient (Wildman–Crippen LogP) is 4.49. The Labute approximate surface area is 229 Å². The molecule has 0 N–H and O–H groups in total. The molecule has 6 rings (SSSR count). The van der Waals surface area contributed by atoms with Crippen molar-refractivity contribution < 1.29 is 14.3 Å². The Morgan fingerprint density at radius 1 is 1.08 bits per heavy atom. The summed E-state index contributed by atoms with van der Waals surface area (Å²) in [5.74, 6) is 0.616. The van der Waals surface area contributed by atoms with E-state index in [1.54, 1.807) is 43.4 Å². The van der Waals surface area contributed by atoms with E-state index in [0.717, 1.165) is 30.5 Å². The van der Waals surface area contributed by atoms with Crippen LogP contribution >= 0.6 is 11.6 Å². The van der Waals surface area contributed by atoms with Crippen LogP contribution in [0.1, 0.15) is 58.7 Å². The number of aryl methyl sites for hydroxylation is 2. The Hall–Kier alpha value is -4.18. The van der Waals surface area contributed by atoms with Gasteiger partial charge in [0.05, 0.1) is 31.2 Å². The zero-order valence-corrected chi connectivity index (χ0v) is 22.8. The second kappa shape index (κ2) is 9.53. The third-order valence-electron chi connectivity index (χ3n) is 7.47. The first-order valence-corrected chi connectivity index (χ1v) is 13.0. The van der Waals surface area contributed by atoms with Crippen LogP contribution in [-0.4, -0.2) is 44.2 Å². The number of ether oxygens (including phenoxy) is 2. The number of benzene rings is 1. The van der Waals surface area contributed by atoms with E-state index in [-0.39, 0.29) is 23.5 Å². The fourth-order valence-electron chi connectivity index (χ4n) is 5.42. The zero-order chi connectivity index (χ0) is 27.4. The van der Waals surface area contributed by atoms with Crippen molar-refractivity contribution in [3.8, 4) is 23.3 Å². The maximum atomic E-state index is 14.2. The number of hydrogen-bond acceptors (Lipinski definition) is 7. The molecule has 11 heteroatoms. The van der Waals surface area contributed by atoms with Gasteiger partial charge < -0.3 is 18.6 Å². The molecule has 4 aromatic rings. The smallest absolute Gasteiger partial charge is 0.319 e. The van der Waals surface area contributed by atoms with Crippen LogP contribution < -0.4 is 19.9 Å². The number of anilines is 1. The quantitative estimate of drug-likeness (QED) is 0.351. The SMILES string of the molecule is COc1ncc(-c2nc3c(n2C2CCC2)C(c2cccc(Cl)c2)N(c2cc(C)c(=O)n(C)c2)C3=O)c(OC)n1. The van der Waals surface area contributed by atoms with Gasteiger partial charge in [0, 0.05) is 36.1 Å². The molecule has 1 aliphatic heterocycles. The molecule has 0 radical (unpaired) electrons. The van der Waals surface area contributed by atoms with Crippen LogP contribution in [0.3, 0.4) is 0 Å². The number of fused-ring (bicyclic) bond motifs is 1. The van der Waals surface area contributed by atoms with E-state index in [9.17, 15) is 9.59 Å². The molecule has 0 saturated heterocycles. The third kappa shape index (κ3) is 3.97. The van der Waals surface area contributed by atoms with Gasteiger partial charge in [-0.1, -0.05) is 23.7 Å². The lowest BCUT2D eigenvalue weighted by Gasteiger charge is -2.33. The molecule has 2 aliphatic rings. The van der Waals surface area contributed by atoms with E-state index in [2.05, 4.69) is 14.5 Å². The topological polar surface area (TPSA) is 104 Å². The van der Waals surface area contributed by atoms with Crippen LogP contribution in [0.5, 0.6) is 11.9 Å². The third-order valence-corrected chi connectivity index (χ3v) is 7.70. The van der Waals surface area contributed by atoms with Gasteiger partial charge in [0.15, 0.2) is 5.69 Å². The maximum Gasteiger partial charge on any atom is 0.319 e. The van der Waals surface area contributed by atoms with Crippen LogP contribution in [0, 0.1) is 6.92 Å². The van der Waals surface area contributed by atoms with E-state index in [1.807, 2.05) is 18.2 Å². The summed E-state index contributed by atoms with van der Waals surface area (Å²) in [4.78, 5) is 41.9. The summed E-state index contributed by atoms with van der Waals surface area (Å²) < 4.78 is 14.4. The molecule has 1 aromatic carbocycles. The van der Waals surface area contributed by atoms with Gasteiger partial charge in [0.2, 0.25) is 5.88 Å².